The zero-order valence-corrected chi connectivity index (χ0v) is 15.7. The van der Waals surface area contributed by atoms with E-state index in [9.17, 15) is 19.7 Å². The molecule has 2 aromatic carbocycles. The van der Waals surface area contributed by atoms with Gasteiger partial charge in [0.1, 0.15) is 0 Å². The number of aromatic nitrogens is 2. The van der Waals surface area contributed by atoms with Crippen LogP contribution in [0.2, 0.25) is 0 Å². The standard InChI is InChI=1S/C20H17N5O4/c1-14(26)24(15(2)27)20-22-19(17-8-4-3-5-9-17)13-23(20)21-12-16-7-6-10-18(11-16)25(28)29/h3-13H,1-2H3/b21-12-. The predicted molar refractivity (Wildman–Crippen MR) is 108 cm³/mol. The fraction of sp³-hybridized carbons (Fsp3) is 0.100. The van der Waals surface area contributed by atoms with Gasteiger partial charge in [-0.05, 0) is 0 Å². The monoisotopic (exact) mass is 391 g/mol. The maximum Gasteiger partial charge on any atom is 0.270 e. The first-order valence-corrected chi connectivity index (χ1v) is 8.61. The Kier molecular flexibility index (Phi) is 5.59. The summed E-state index contributed by atoms with van der Waals surface area (Å²) >= 11 is 0. The van der Waals surface area contributed by atoms with Crippen LogP contribution in [0.4, 0.5) is 11.6 Å². The van der Waals surface area contributed by atoms with Gasteiger partial charge >= 0.3 is 0 Å². The second-order valence-corrected chi connectivity index (χ2v) is 6.11. The SMILES string of the molecule is CC(=O)N(C(C)=O)c1nc(-c2ccccc2)cn1/N=C\c1cccc([N+](=O)[O-])c1. The summed E-state index contributed by atoms with van der Waals surface area (Å²) in [6.07, 6.45) is 2.98. The number of amides is 2. The van der Waals surface area contributed by atoms with Gasteiger partial charge in [0, 0.05) is 37.1 Å². The number of imidazole rings is 1. The number of carbonyl (C=O) groups is 2. The second-order valence-electron chi connectivity index (χ2n) is 6.11. The minimum atomic E-state index is -0.505. The zero-order chi connectivity index (χ0) is 21.0. The first kappa shape index (κ1) is 19.6. The van der Waals surface area contributed by atoms with Crippen molar-refractivity contribution in [1.29, 1.82) is 0 Å². The Morgan fingerprint density at radius 3 is 2.41 bits per heavy atom. The number of anilines is 1. The van der Waals surface area contributed by atoms with Gasteiger partial charge in [0.05, 0.1) is 23.0 Å². The molecule has 0 aliphatic rings. The summed E-state index contributed by atoms with van der Waals surface area (Å²) < 4.78 is 1.30. The highest BCUT2D eigenvalue weighted by atomic mass is 16.6. The van der Waals surface area contributed by atoms with Gasteiger partial charge in [-0.3, -0.25) is 19.7 Å². The molecule has 0 aliphatic heterocycles. The zero-order valence-electron chi connectivity index (χ0n) is 15.7. The molecule has 0 bridgehead atoms. The van der Waals surface area contributed by atoms with Crippen molar-refractivity contribution in [2.75, 3.05) is 4.90 Å². The molecule has 0 radical (unpaired) electrons. The smallest absolute Gasteiger partial charge is 0.270 e. The Hall–Kier alpha value is -4.14. The van der Waals surface area contributed by atoms with Crippen molar-refractivity contribution in [1.82, 2.24) is 9.66 Å². The van der Waals surface area contributed by atoms with E-state index in [0.717, 1.165) is 10.5 Å². The van der Waals surface area contributed by atoms with Gasteiger partial charge in [0.25, 0.3) is 5.69 Å². The average Bonchev–Trinajstić information content (AvgIpc) is 3.10. The minimum Gasteiger partial charge on any atom is -0.274 e. The summed E-state index contributed by atoms with van der Waals surface area (Å²) in [5, 5.41) is 15.2. The van der Waals surface area contributed by atoms with E-state index >= 15 is 0 Å². The molecule has 9 heteroatoms. The average molecular weight is 391 g/mol. The van der Waals surface area contributed by atoms with Crippen LogP contribution in [0.5, 0.6) is 0 Å². The molecule has 146 valence electrons. The number of hydrogen-bond donors (Lipinski definition) is 0. The van der Waals surface area contributed by atoms with Crippen molar-refractivity contribution < 1.29 is 14.5 Å². The third kappa shape index (κ3) is 4.41. The van der Waals surface area contributed by atoms with Crippen LogP contribution in [0.1, 0.15) is 19.4 Å². The highest BCUT2D eigenvalue weighted by molar-refractivity contribution is 6.12. The van der Waals surface area contributed by atoms with Gasteiger partial charge in [-0.1, -0.05) is 42.5 Å². The van der Waals surface area contributed by atoms with Crippen LogP contribution >= 0.6 is 0 Å². The Labute approximate surface area is 166 Å². The van der Waals surface area contributed by atoms with E-state index in [0.29, 0.717) is 11.3 Å². The maximum absolute atomic E-state index is 12.0. The summed E-state index contributed by atoms with van der Waals surface area (Å²) in [5.74, 6) is -0.977. The van der Waals surface area contributed by atoms with E-state index in [4.69, 9.17) is 0 Å². The number of nitro groups is 1. The van der Waals surface area contributed by atoms with Crippen LogP contribution in [-0.2, 0) is 9.59 Å². The molecule has 0 N–H and O–H groups in total. The fourth-order valence-electron chi connectivity index (χ4n) is 2.70. The third-order valence-corrected chi connectivity index (χ3v) is 3.98. The van der Waals surface area contributed by atoms with Crippen molar-refractivity contribution >= 4 is 29.7 Å². The number of non-ortho nitro benzene ring substituents is 1. The number of nitrogens with zero attached hydrogens (tertiary/aromatic N) is 5. The molecular weight excluding hydrogens is 374 g/mol. The molecule has 0 unspecified atom stereocenters. The van der Waals surface area contributed by atoms with Gasteiger partial charge in [0.15, 0.2) is 0 Å². The van der Waals surface area contributed by atoms with Crippen LogP contribution < -0.4 is 4.90 Å². The lowest BCUT2D eigenvalue weighted by Crippen LogP contribution is -2.35. The first-order valence-electron chi connectivity index (χ1n) is 8.61. The minimum absolute atomic E-state index is 0.0329. The quantitative estimate of drug-likeness (QED) is 0.377. The number of hydrogen-bond acceptors (Lipinski definition) is 6. The Bertz CT molecular complexity index is 1090. The third-order valence-electron chi connectivity index (χ3n) is 3.98. The Morgan fingerprint density at radius 2 is 1.79 bits per heavy atom. The lowest BCUT2D eigenvalue weighted by Gasteiger charge is -2.15. The summed E-state index contributed by atoms with van der Waals surface area (Å²) in [7, 11) is 0. The molecule has 1 heterocycles. The molecule has 0 atom stereocenters. The van der Waals surface area contributed by atoms with Crippen molar-refractivity contribution in [3.8, 4) is 11.3 Å². The van der Waals surface area contributed by atoms with E-state index < -0.39 is 16.7 Å². The number of rotatable bonds is 5. The molecule has 3 rings (SSSR count). The Morgan fingerprint density at radius 1 is 1.10 bits per heavy atom. The molecular formula is C20H17N5O4. The molecule has 2 amide bonds. The Balaban J connectivity index is 2.07. The summed E-state index contributed by atoms with van der Waals surface area (Å²) in [4.78, 5) is 39.8. The van der Waals surface area contributed by atoms with Crippen molar-refractivity contribution in [2.24, 2.45) is 5.10 Å². The topological polar surface area (TPSA) is 111 Å². The lowest BCUT2D eigenvalue weighted by molar-refractivity contribution is -0.384. The van der Waals surface area contributed by atoms with Gasteiger partial charge in [-0.25, -0.2) is 14.6 Å². The number of imide groups is 1. The summed E-state index contributed by atoms with van der Waals surface area (Å²) in [6.45, 7) is 2.51. The molecule has 9 nitrogen and oxygen atoms in total. The van der Waals surface area contributed by atoms with E-state index in [-0.39, 0.29) is 11.6 Å². The normalized spacial score (nSPS) is 10.8. The molecule has 0 saturated heterocycles. The van der Waals surface area contributed by atoms with Crippen molar-refractivity contribution in [3.05, 3.63) is 76.5 Å². The van der Waals surface area contributed by atoms with Crippen LogP contribution in [-0.4, -0.2) is 32.6 Å². The second kappa shape index (κ2) is 8.26. The van der Waals surface area contributed by atoms with Crippen LogP contribution in [0, 0.1) is 10.1 Å². The summed E-state index contributed by atoms with van der Waals surface area (Å²) in [5.41, 5.74) is 1.71. The van der Waals surface area contributed by atoms with E-state index in [1.807, 2.05) is 30.3 Å². The van der Waals surface area contributed by atoms with Gasteiger partial charge in [-0.15, -0.1) is 0 Å². The van der Waals surface area contributed by atoms with Gasteiger partial charge < -0.3 is 0 Å². The highest BCUT2D eigenvalue weighted by Crippen LogP contribution is 2.23. The first-order chi connectivity index (χ1) is 13.9. The molecule has 0 aliphatic carbocycles. The molecule has 0 fully saturated rings. The lowest BCUT2D eigenvalue weighted by atomic mass is 10.2. The molecule has 29 heavy (non-hydrogen) atoms. The number of carbonyl (C=O) groups excluding carboxylic acids is 2. The molecule has 0 spiro atoms. The maximum atomic E-state index is 12.0. The fourth-order valence-corrected chi connectivity index (χ4v) is 2.70. The van der Waals surface area contributed by atoms with Crippen LogP contribution in [0.15, 0.2) is 65.9 Å². The summed E-state index contributed by atoms with van der Waals surface area (Å²) in [6, 6.07) is 15.2. The van der Waals surface area contributed by atoms with Crippen LogP contribution in [0.25, 0.3) is 11.3 Å². The molecule has 0 saturated carbocycles. The largest absolute Gasteiger partial charge is 0.274 e. The van der Waals surface area contributed by atoms with E-state index in [1.54, 1.807) is 18.3 Å². The van der Waals surface area contributed by atoms with Gasteiger partial charge in [-0.2, -0.15) is 5.10 Å². The highest BCUT2D eigenvalue weighted by Gasteiger charge is 2.23. The molecule has 1 aromatic heterocycles. The van der Waals surface area contributed by atoms with E-state index in [1.165, 1.54) is 36.9 Å². The van der Waals surface area contributed by atoms with E-state index in [2.05, 4.69) is 10.1 Å². The number of benzene rings is 2. The van der Waals surface area contributed by atoms with Crippen molar-refractivity contribution in [2.45, 2.75) is 13.8 Å². The van der Waals surface area contributed by atoms with Gasteiger partial charge in [0.2, 0.25) is 17.8 Å². The predicted octanol–water partition coefficient (Wildman–Crippen LogP) is 3.24. The van der Waals surface area contributed by atoms with Crippen molar-refractivity contribution in [3.63, 3.8) is 0 Å². The van der Waals surface area contributed by atoms with Crippen LogP contribution in [0.3, 0.4) is 0 Å². The molecule has 3 aromatic rings. The number of nitro benzene ring substituents is 1.